The summed E-state index contributed by atoms with van der Waals surface area (Å²) in [5.41, 5.74) is 3.89. The average Bonchev–Trinajstić information content (AvgIpc) is 3.96. The molecule has 2 amide bonds. The second kappa shape index (κ2) is 13.8. The molecule has 9 rings (SSSR count). The smallest absolute Gasteiger partial charge is 0.276 e. The van der Waals surface area contributed by atoms with E-state index in [4.69, 9.17) is 23.7 Å². The number of aromatic amines is 1. The van der Waals surface area contributed by atoms with Gasteiger partial charge >= 0.3 is 0 Å². The minimum Gasteiger partial charge on any atom is -0.508 e. The van der Waals surface area contributed by atoms with Gasteiger partial charge in [0, 0.05) is 40.2 Å². The highest BCUT2D eigenvalue weighted by atomic mass is 16.7. The Morgan fingerprint density at radius 3 is 2.20 bits per heavy atom. The third kappa shape index (κ3) is 5.49. The van der Waals surface area contributed by atoms with E-state index in [-0.39, 0.29) is 69.9 Å². The Hall–Kier alpha value is -4.52. The minimum absolute atomic E-state index is 0.0228. The number of nitrogens with one attached hydrogen (secondary N) is 2. The highest BCUT2D eigenvalue weighted by Gasteiger charge is 2.52. The number of carbonyl (C=O) groups is 2. The summed E-state index contributed by atoms with van der Waals surface area (Å²) in [7, 11) is 0. The number of phenolic OH excluding ortho intramolecular Hbond substituents is 2. The van der Waals surface area contributed by atoms with Crippen LogP contribution in [-0.2, 0) is 23.7 Å². The normalized spacial score (nSPS) is 32.5. The van der Waals surface area contributed by atoms with Crippen LogP contribution in [-0.4, -0.2) is 167 Å². The van der Waals surface area contributed by atoms with Gasteiger partial charge in [-0.15, -0.1) is 0 Å². The van der Waals surface area contributed by atoms with Crippen LogP contribution in [0.5, 0.6) is 11.5 Å². The Balaban J connectivity index is 1.21. The fourth-order valence-electron chi connectivity index (χ4n) is 8.29. The lowest BCUT2D eigenvalue weighted by molar-refractivity contribution is -0.346. The molecule has 0 bridgehead atoms. The van der Waals surface area contributed by atoms with Crippen molar-refractivity contribution in [2.75, 3.05) is 33.2 Å². The minimum atomic E-state index is -1.91. The number of phenols is 2. The number of carbonyl (C=O) groups excluding carboxylic acids is 2. The molecule has 56 heavy (non-hydrogen) atoms. The van der Waals surface area contributed by atoms with E-state index in [0.717, 1.165) is 5.01 Å². The molecule has 2 aromatic heterocycles. The Morgan fingerprint density at radius 2 is 1.50 bits per heavy atom. The molecule has 20 nitrogen and oxygen atoms in total. The summed E-state index contributed by atoms with van der Waals surface area (Å²) in [6, 6.07) is 8.64. The molecule has 0 aliphatic carbocycles. The van der Waals surface area contributed by atoms with Crippen molar-refractivity contribution in [2.45, 2.75) is 67.5 Å². The van der Waals surface area contributed by atoms with Crippen molar-refractivity contribution in [3.05, 3.63) is 47.5 Å². The van der Waals surface area contributed by atoms with Gasteiger partial charge < -0.3 is 79.2 Å². The summed E-state index contributed by atoms with van der Waals surface area (Å²) in [5.74, 6) is -1.73. The quantitative estimate of drug-likeness (QED) is 0.0767. The predicted molar refractivity (Wildman–Crippen MR) is 188 cm³/mol. The van der Waals surface area contributed by atoms with Crippen molar-refractivity contribution in [3.8, 4) is 11.5 Å². The van der Waals surface area contributed by atoms with E-state index in [1.165, 1.54) is 34.9 Å². The Labute approximate surface area is 314 Å². The number of benzene rings is 3. The standard InChI is InChI=1S/C36H38N4O16/c41-8-19-27(45)28(46)31(49)36(55-19)56-32-20(9-42)54-35(30(48)29(32)47)39-18-6-13(44)2-4-16(18)22-24-23(33(50)40(34(24)51)37-7-14-10-52-11-53-14)21-15-3-1-12(43)5-17(15)38-25(21)26(22)39/h1-6,14,19-20,27-32,35-38,41-49H,7-11H2/t14?,19-,20-,27-,28+,29-,30-,31-,32-,35-,36-/m1/s1. The molecular formula is C36H38N4O16. The van der Waals surface area contributed by atoms with Crippen molar-refractivity contribution in [1.82, 2.24) is 20.0 Å². The van der Waals surface area contributed by atoms with Crippen LogP contribution in [0.25, 0.3) is 43.6 Å². The topological polar surface area (TPSA) is 298 Å². The van der Waals surface area contributed by atoms with Crippen LogP contribution in [0.15, 0.2) is 36.4 Å². The summed E-state index contributed by atoms with van der Waals surface area (Å²) < 4.78 is 29.6. The molecule has 3 saturated heterocycles. The number of aliphatic hydroxyl groups excluding tert-OH is 7. The Morgan fingerprint density at radius 1 is 0.804 bits per heavy atom. The van der Waals surface area contributed by atoms with Crippen molar-refractivity contribution in [1.29, 1.82) is 0 Å². The number of hydrogen-bond donors (Lipinski definition) is 11. The van der Waals surface area contributed by atoms with Crippen LogP contribution in [0.3, 0.4) is 0 Å². The van der Waals surface area contributed by atoms with E-state index < -0.39 is 92.5 Å². The molecule has 0 saturated carbocycles. The van der Waals surface area contributed by atoms with Crippen LogP contribution >= 0.6 is 0 Å². The molecule has 5 aromatic rings. The fourth-order valence-corrected chi connectivity index (χ4v) is 8.29. The first-order valence-corrected chi connectivity index (χ1v) is 17.8. The first-order chi connectivity index (χ1) is 26.9. The number of amides is 2. The van der Waals surface area contributed by atoms with Gasteiger partial charge in [-0.05, 0) is 24.3 Å². The first kappa shape index (κ1) is 37.1. The second-order valence-corrected chi connectivity index (χ2v) is 14.3. The van der Waals surface area contributed by atoms with Gasteiger partial charge in [0.25, 0.3) is 11.8 Å². The van der Waals surface area contributed by atoms with Crippen LogP contribution in [0.1, 0.15) is 26.9 Å². The fraction of sp³-hybridized carbons (Fsp3) is 0.444. The number of hydrazine groups is 1. The maximum atomic E-state index is 14.4. The molecule has 1 unspecified atom stereocenters. The van der Waals surface area contributed by atoms with Crippen molar-refractivity contribution in [2.24, 2.45) is 0 Å². The molecule has 6 heterocycles. The van der Waals surface area contributed by atoms with Gasteiger partial charge in [-0.25, -0.2) is 10.4 Å². The molecule has 11 N–H and O–H groups in total. The highest BCUT2D eigenvalue weighted by Crippen LogP contribution is 2.48. The predicted octanol–water partition coefficient (Wildman–Crippen LogP) is -1.89. The van der Waals surface area contributed by atoms with Crippen molar-refractivity contribution in [3.63, 3.8) is 0 Å². The number of imide groups is 1. The molecule has 20 heteroatoms. The zero-order valence-electron chi connectivity index (χ0n) is 29.1. The van der Waals surface area contributed by atoms with Gasteiger partial charge in [-0.2, -0.15) is 0 Å². The Bertz CT molecular complexity index is 2370. The van der Waals surface area contributed by atoms with Gasteiger partial charge in [0.15, 0.2) is 12.5 Å². The van der Waals surface area contributed by atoms with Gasteiger partial charge in [0.05, 0.1) is 59.1 Å². The van der Waals surface area contributed by atoms with Gasteiger partial charge in [0.1, 0.15) is 67.1 Å². The number of fused-ring (bicyclic) bond motifs is 10. The zero-order valence-corrected chi connectivity index (χ0v) is 29.1. The monoisotopic (exact) mass is 782 g/mol. The molecule has 11 atom stereocenters. The van der Waals surface area contributed by atoms with E-state index >= 15 is 0 Å². The van der Waals surface area contributed by atoms with E-state index in [9.17, 15) is 55.5 Å². The number of aromatic hydroxyl groups is 2. The molecule has 4 aliphatic heterocycles. The summed E-state index contributed by atoms with van der Waals surface area (Å²) in [6.07, 6.45) is -17.5. The van der Waals surface area contributed by atoms with E-state index in [1.54, 1.807) is 6.07 Å². The Kier molecular flexibility index (Phi) is 9.17. The number of nitrogens with zero attached hydrogens (tertiary/aromatic N) is 2. The number of ether oxygens (including phenoxy) is 5. The summed E-state index contributed by atoms with van der Waals surface area (Å²) in [5, 5.41) is 98.2. The SMILES string of the molecule is O=C1c2c(c3c4ccc(O)cc4n([C@@H]4O[C@H](CO)[C@@H](O[C@H]5O[C@H](CO)[C@@H](O)[C@H](O)[C@H]5O)[C@H](O)[C@H]4O)c3c3[nH]c4cc(O)ccc4c23)C(=O)N1NCC1COCO1. The number of H-pyrrole nitrogens is 1. The summed E-state index contributed by atoms with van der Waals surface area (Å²) >= 11 is 0. The van der Waals surface area contributed by atoms with Gasteiger partial charge in [-0.1, -0.05) is 0 Å². The second-order valence-electron chi connectivity index (χ2n) is 14.3. The maximum absolute atomic E-state index is 14.4. The number of aromatic nitrogens is 2. The average molecular weight is 783 g/mol. The molecular weight excluding hydrogens is 744 g/mol. The number of rotatable bonds is 8. The van der Waals surface area contributed by atoms with Crippen LogP contribution in [0, 0.1) is 0 Å². The van der Waals surface area contributed by atoms with E-state index in [0.29, 0.717) is 16.3 Å². The lowest BCUT2D eigenvalue weighted by Gasteiger charge is -2.46. The van der Waals surface area contributed by atoms with Crippen molar-refractivity contribution < 1.29 is 79.2 Å². The maximum Gasteiger partial charge on any atom is 0.276 e. The zero-order chi connectivity index (χ0) is 39.3. The highest BCUT2D eigenvalue weighted by molar-refractivity contribution is 6.39. The molecule has 3 aromatic carbocycles. The van der Waals surface area contributed by atoms with E-state index in [2.05, 4.69) is 10.4 Å². The third-order valence-corrected chi connectivity index (χ3v) is 11.0. The molecule has 298 valence electrons. The summed E-state index contributed by atoms with van der Waals surface area (Å²) in [4.78, 5) is 32.0. The number of hydrogen-bond acceptors (Lipinski definition) is 17. The largest absolute Gasteiger partial charge is 0.508 e. The van der Waals surface area contributed by atoms with Crippen LogP contribution in [0.4, 0.5) is 0 Å². The van der Waals surface area contributed by atoms with Gasteiger partial charge in [0.2, 0.25) is 0 Å². The van der Waals surface area contributed by atoms with E-state index in [1.807, 2.05) is 0 Å². The molecule has 4 aliphatic rings. The summed E-state index contributed by atoms with van der Waals surface area (Å²) in [6.45, 7) is -1.23. The lowest BCUT2D eigenvalue weighted by Crippen LogP contribution is -2.63. The molecule has 0 radical (unpaired) electrons. The first-order valence-electron chi connectivity index (χ1n) is 17.8. The van der Waals surface area contributed by atoms with Crippen LogP contribution in [0.2, 0.25) is 0 Å². The van der Waals surface area contributed by atoms with Gasteiger partial charge in [-0.3, -0.25) is 9.59 Å². The molecule has 0 spiro atoms. The van der Waals surface area contributed by atoms with Crippen LogP contribution < -0.4 is 5.43 Å². The van der Waals surface area contributed by atoms with Crippen molar-refractivity contribution >= 4 is 55.4 Å². The lowest BCUT2D eigenvalue weighted by atomic mass is 9.95. The number of aliphatic hydroxyl groups is 7. The molecule has 3 fully saturated rings. The third-order valence-electron chi connectivity index (χ3n) is 11.0.